The van der Waals surface area contributed by atoms with Crippen LogP contribution in [0.4, 0.5) is 5.69 Å². The maximum Gasteiger partial charge on any atom is 0.246 e. The van der Waals surface area contributed by atoms with E-state index in [2.05, 4.69) is 22.8 Å². The molecule has 1 aliphatic heterocycles. The van der Waals surface area contributed by atoms with E-state index in [1.165, 1.54) is 5.56 Å². The van der Waals surface area contributed by atoms with Gasteiger partial charge in [0.05, 0.1) is 19.3 Å². The molecule has 2 rings (SSSR count). The number of hydrogen-bond acceptors (Lipinski definition) is 4. The van der Waals surface area contributed by atoms with Crippen LogP contribution in [0.5, 0.6) is 0 Å². The standard InChI is InChI=1S/C14H20N2O3/c1-18-6-7-19-10-14(17)16-12-8-11-4-2-3-5-13(11)15-9-12/h2-5,12,15H,6-10H2,1H3,(H,16,17). The van der Waals surface area contributed by atoms with E-state index < -0.39 is 0 Å². The monoisotopic (exact) mass is 264 g/mol. The number of benzene rings is 1. The largest absolute Gasteiger partial charge is 0.383 e. The highest BCUT2D eigenvalue weighted by Gasteiger charge is 2.19. The van der Waals surface area contributed by atoms with E-state index in [1.807, 2.05) is 12.1 Å². The summed E-state index contributed by atoms with van der Waals surface area (Å²) in [5.74, 6) is -0.0812. The van der Waals surface area contributed by atoms with Gasteiger partial charge in [0.25, 0.3) is 0 Å². The van der Waals surface area contributed by atoms with Gasteiger partial charge in [-0.05, 0) is 18.1 Å². The van der Waals surface area contributed by atoms with E-state index in [0.29, 0.717) is 13.2 Å². The summed E-state index contributed by atoms with van der Waals surface area (Å²) in [6.07, 6.45) is 0.854. The van der Waals surface area contributed by atoms with Crippen LogP contribution in [0.1, 0.15) is 5.56 Å². The molecule has 1 aromatic rings. The number of carbonyl (C=O) groups is 1. The SMILES string of the molecule is COCCOCC(=O)NC1CNc2ccccc2C1. The Morgan fingerprint density at radius 2 is 2.26 bits per heavy atom. The molecule has 5 nitrogen and oxygen atoms in total. The quantitative estimate of drug-likeness (QED) is 0.746. The fourth-order valence-corrected chi connectivity index (χ4v) is 2.12. The maximum atomic E-state index is 11.7. The van der Waals surface area contributed by atoms with Crippen molar-refractivity contribution in [1.82, 2.24) is 5.32 Å². The van der Waals surface area contributed by atoms with E-state index in [1.54, 1.807) is 7.11 Å². The molecule has 0 fully saturated rings. The first kappa shape index (κ1) is 13.8. The van der Waals surface area contributed by atoms with Crippen molar-refractivity contribution in [3.63, 3.8) is 0 Å². The minimum atomic E-state index is -0.0812. The van der Waals surface area contributed by atoms with Gasteiger partial charge in [-0.25, -0.2) is 0 Å². The Hall–Kier alpha value is -1.59. The molecule has 0 saturated carbocycles. The summed E-state index contributed by atoms with van der Waals surface area (Å²) >= 11 is 0. The van der Waals surface area contributed by atoms with Crippen molar-refractivity contribution in [2.45, 2.75) is 12.5 Å². The number of para-hydroxylation sites is 1. The molecule has 1 heterocycles. The molecule has 1 unspecified atom stereocenters. The Bertz CT molecular complexity index is 423. The average molecular weight is 264 g/mol. The molecule has 5 heteroatoms. The first-order valence-corrected chi connectivity index (χ1v) is 6.47. The van der Waals surface area contributed by atoms with Gasteiger partial charge < -0.3 is 20.1 Å². The highest BCUT2D eigenvalue weighted by atomic mass is 16.5. The number of nitrogens with one attached hydrogen (secondary N) is 2. The minimum absolute atomic E-state index is 0.0812. The molecule has 2 N–H and O–H groups in total. The summed E-state index contributed by atoms with van der Waals surface area (Å²) in [7, 11) is 1.61. The summed E-state index contributed by atoms with van der Waals surface area (Å²) in [4.78, 5) is 11.7. The minimum Gasteiger partial charge on any atom is -0.383 e. The van der Waals surface area contributed by atoms with Crippen LogP contribution in [0.2, 0.25) is 0 Å². The van der Waals surface area contributed by atoms with Crippen LogP contribution in [0, 0.1) is 0 Å². The number of methoxy groups -OCH3 is 1. The zero-order chi connectivity index (χ0) is 13.5. The first-order valence-electron chi connectivity index (χ1n) is 6.47. The lowest BCUT2D eigenvalue weighted by atomic mass is 10.00. The van der Waals surface area contributed by atoms with Gasteiger partial charge in [0.15, 0.2) is 0 Å². The fourth-order valence-electron chi connectivity index (χ4n) is 2.12. The summed E-state index contributed by atoms with van der Waals surface area (Å²) in [6.45, 7) is 1.78. The van der Waals surface area contributed by atoms with Gasteiger partial charge in [-0.1, -0.05) is 18.2 Å². The van der Waals surface area contributed by atoms with E-state index in [-0.39, 0.29) is 18.6 Å². The Morgan fingerprint density at radius 1 is 1.42 bits per heavy atom. The van der Waals surface area contributed by atoms with Crippen LogP contribution in [-0.4, -0.2) is 45.4 Å². The molecule has 1 aliphatic rings. The second-order valence-electron chi connectivity index (χ2n) is 4.55. The second-order valence-corrected chi connectivity index (χ2v) is 4.55. The van der Waals surface area contributed by atoms with Crippen molar-refractivity contribution in [3.8, 4) is 0 Å². The molecule has 1 atom stereocenters. The summed E-state index contributed by atoms with van der Waals surface area (Å²) in [6, 6.07) is 8.28. The topological polar surface area (TPSA) is 59.6 Å². The van der Waals surface area contributed by atoms with Gasteiger partial charge in [-0.15, -0.1) is 0 Å². The number of ether oxygens (including phenoxy) is 2. The van der Waals surface area contributed by atoms with E-state index in [0.717, 1.165) is 18.7 Å². The number of fused-ring (bicyclic) bond motifs is 1. The predicted octanol–water partition coefficient (Wildman–Crippen LogP) is 0.802. The third-order valence-corrected chi connectivity index (χ3v) is 3.05. The number of carbonyl (C=O) groups excluding carboxylic acids is 1. The molecule has 0 saturated heterocycles. The number of amides is 1. The molecule has 0 aliphatic carbocycles. The Balaban J connectivity index is 1.74. The van der Waals surface area contributed by atoms with E-state index >= 15 is 0 Å². The molecule has 1 aromatic carbocycles. The predicted molar refractivity (Wildman–Crippen MR) is 73.3 cm³/mol. The molecule has 0 radical (unpaired) electrons. The molecule has 19 heavy (non-hydrogen) atoms. The Kier molecular flexibility index (Phi) is 5.18. The summed E-state index contributed by atoms with van der Waals surface area (Å²) in [5, 5.41) is 6.29. The van der Waals surface area contributed by atoms with E-state index in [4.69, 9.17) is 9.47 Å². The van der Waals surface area contributed by atoms with Crippen molar-refractivity contribution < 1.29 is 14.3 Å². The molecule has 104 valence electrons. The van der Waals surface area contributed by atoms with Crippen molar-refractivity contribution in [2.24, 2.45) is 0 Å². The molecule has 0 spiro atoms. The normalized spacial score (nSPS) is 17.4. The van der Waals surface area contributed by atoms with Gasteiger partial charge in [0.1, 0.15) is 6.61 Å². The highest BCUT2D eigenvalue weighted by molar-refractivity contribution is 5.77. The second kappa shape index (κ2) is 7.11. The lowest BCUT2D eigenvalue weighted by molar-refractivity contribution is -0.126. The third kappa shape index (κ3) is 4.22. The first-order chi connectivity index (χ1) is 9.29. The van der Waals surface area contributed by atoms with Gasteiger partial charge in [0, 0.05) is 19.3 Å². The van der Waals surface area contributed by atoms with Gasteiger partial charge >= 0.3 is 0 Å². The smallest absolute Gasteiger partial charge is 0.246 e. The number of rotatable bonds is 6. The van der Waals surface area contributed by atoms with E-state index in [9.17, 15) is 4.79 Å². The van der Waals surface area contributed by atoms with Gasteiger partial charge in [-0.3, -0.25) is 4.79 Å². The van der Waals surface area contributed by atoms with Crippen molar-refractivity contribution in [2.75, 3.05) is 38.8 Å². The van der Waals surface area contributed by atoms with Gasteiger partial charge in [0.2, 0.25) is 5.91 Å². The highest BCUT2D eigenvalue weighted by Crippen LogP contribution is 2.20. The van der Waals surface area contributed by atoms with Crippen LogP contribution in [0.15, 0.2) is 24.3 Å². The Labute approximate surface area is 113 Å². The number of anilines is 1. The lowest BCUT2D eigenvalue weighted by Crippen LogP contribution is -2.44. The molecule has 0 aromatic heterocycles. The molecular weight excluding hydrogens is 244 g/mol. The van der Waals surface area contributed by atoms with Crippen LogP contribution in [0.3, 0.4) is 0 Å². The summed E-state index contributed by atoms with van der Waals surface area (Å²) < 4.78 is 10.0. The molecule has 0 bridgehead atoms. The lowest BCUT2D eigenvalue weighted by Gasteiger charge is -2.26. The van der Waals surface area contributed by atoms with Crippen molar-refractivity contribution in [1.29, 1.82) is 0 Å². The van der Waals surface area contributed by atoms with Gasteiger partial charge in [-0.2, -0.15) is 0 Å². The van der Waals surface area contributed by atoms with Crippen LogP contribution in [0.25, 0.3) is 0 Å². The Morgan fingerprint density at radius 3 is 3.11 bits per heavy atom. The zero-order valence-electron chi connectivity index (χ0n) is 11.1. The van der Waals surface area contributed by atoms with Crippen LogP contribution >= 0.6 is 0 Å². The average Bonchev–Trinajstić information content (AvgIpc) is 2.43. The fraction of sp³-hybridized carbons (Fsp3) is 0.500. The maximum absolute atomic E-state index is 11.7. The van der Waals surface area contributed by atoms with Crippen LogP contribution < -0.4 is 10.6 Å². The summed E-state index contributed by atoms with van der Waals surface area (Å²) in [5.41, 5.74) is 2.39. The van der Waals surface area contributed by atoms with Crippen LogP contribution in [-0.2, 0) is 20.7 Å². The third-order valence-electron chi connectivity index (χ3n) is 3.05. The number of hydrogen-bond donors (Lipinski definition) is 2. The zero-order valence-corrected chi connectivity index (χ0v) is 11.1. The van der Waals surface area contributed by atoms with Crippen molar-refractivity contribution in [3.05, 3.63) is 29.8 Å². The molecular formula is C14H20N2O3. The molecule has 1 amide bonds. The van der Waals surface area contributed by atoms with Crippen molar-refractivity contribution >= 4 is 11.6 Å².